The number of carbonyl (C=O) groups excluding carboxylic acids is 1. The Morgan fingerprint density at radius 2 is 2.07 bits per heavy atom. The molecule has 0 spiro atoms. The van der Waals surface area contributed by atoms with E-state index in [-0.39, 0.29) is 29.9 Å². The van der Waals surface area contributed by atoms with Gasteiger partial charge in [0, 0.05) is 50.7 Å². The Balaban J connectivity index is 0.00000280. The van der Waals surface area contributed by atoms with E-state index in [1.165, 1.54) is 0 Å². The number of aryl methyl sites for hydroxylation is 1. The van der Waals surface area contributed by atoms with Crippen LogP contribution in [0.25, 0.3) is 0 Å². The molecule has 8 heteroatoms. The second-order valence-electron chi connectivity index (χ2n) is 6.56. The second-order valence-corrected chi connectivity index (χ2v) is 6.56. The van der Waals surface area contributed by atoms with Gasteiger partial charge in [-0.2, -0.15) is 5.10 Å². The fourth-order valence-corrected chi connectivity index (χ4v) is 3.10. The van der Waals surface area contributed by atoms with Crippen molar-refractivity contribution in [1.82, 2.24) is 20.4 Å². The number of guanidine groups is 1. The van der Waals surface area contributed by atoms with Gasteiger partial charge in [-0.3, -0.25) is 9.48 Å². The van der Waals surface area contributed by atoms with Gasteiger partial charge in [-0.15, -0.1) is 24.0 Å². The normalized spacial score (nSPS) is 14.1. The summed E-state index contributed by atoms with van der Waals surface area (Å²) in [7, 11) is 0. The summed E-state index contributed by atoms with van der Waals surface area (Å²) in [5.74, 6) is 1.03. The number of amides is 1. The van der Waals surface area contributed by atoms with Crippen LogP contribution >= 0.6 is 24.0 Å². The van der Waals surface area contributed by atoms with Crippen LogP contribution in [0.5, 0.6) is 0 Å². The Morgan fingerprint density at radius 1 is 1.25 bits per heavy atom. The molecule has 0 saturated carbocycles. The third-order valence-corrected chi connectivity index (χ3v) is 4.50. The molecule has 3 rings (SSSR count). The summed E-state index contributed by atoms with van der Waals surface area (Å²) in [5, 5.41) is 10.8. The maximum atomic E-state index is 11.8. The lowest BCUT2D eigenvalue weighted by molar-refractivity contribution is -0.117. The lowest BCUT2D eigenvalue weighted by atomic mass is 10.2. The highest BCUT2D eigenvalue weighted by molar-refractivity contribution is 14.0. The molecular formula is C20H29IN6O. The number of hydrogen-bond donors (Lipinski definition) is 2. The topological polar surface area (TPSA) is 74.6 Å². The number of nitrogens with one attached hydrogen (secondary N) is 2. The lowest BCUT2D eigenvalue weighted by Gasteiger charge is -2.16. The van der Waals surface area contributed by atoms with Crippen molar-refractivity contribution in [2.24, 2.45) is 4.99 Å². The number of aliphatic imine (C=N–C) groups is 1. The molecule has 1 fully saturated rings. The predicted molar refractivity (Wildman–Crippen MR) is 123 cm³/mol. The number of hydrogen-bond acceptors (Lipinski definition) is 3. The maximum absolute atomic E-state index is 11.8. The van der Waals surface area contributed by atoms with Gasteiger partial charge < -0.3 is 15.5 Å². The highest BCUT2D eigenvalue weighted by atomic mass is 127. The van der Waals surface area contributed by atoms with Crippen molar-refractivity contribution >= 4 is 41.5 Å². The number of nitrogens with zero attached hydrogens (tertiary/aromatic N) is 4. The van der Waals surface area contributed by atoms with Crippen LogP contribution in [0.15, 0.2) is 47.7 Å². The molecule has 1 aliphatic rings. The Morgan fingerprint density at radius 3 is 2.71 bits per heavy atom. The van der Waals surface area contributed by atoms with E-state index in [2.05, 4.69) is 27.6 Å². The smallest absolute Gasteiger partial charge is 0.227 e. The van der Waals surface area contributed by atoms with E-state index in [9.17, 15) is 4.79 Å². The molecule has 152 valence electrons. The summed E-state index contributed by atoms with van der Waals surface area (Å²) in [6.07, 6.45) is 6.35. The van der Waals surface area contributed by atoms with Gasteiger partial charge in [-0.05, 0) is 43.5 Å². The molecule has 0 aliphatic carbocycles. The predicted octanol–water partition coefficient (Wildman–Crippen LogP) is 2.77. The summed E-state index contributed by atoms with van der Waals surface area (Å²) in [5.41, 5.74) is 2.10. The van der Waals surface area contributed by atoms with Crippen molar-refractivity contribution in [3.8, 4) is 0 Å². The van der Waals surface area contributed by atoms with E-state index in [4.69, 9.17) is 0 Å². The first-order valence-corrected chi connectivity index (χ1v) is 9.65. The minimum atomic E-state index is 0. The molecule has 0 atom stereocenters. The summed E-state index contributed by atoms with van der Waals surface area (Å²) < 4.78 is 1.93. The fourth-order valence-electron chi connectivity index (χ4n) is 3.10. The summed E-state index contributed by atoms with van der Waals surface area (Å²) in [6, 6.07) is 10.1. The molecule has 0 unspecified atom stereocenters. The Bertz CT molecular complexity index is 745. The van der Waals surface area contributed by atoms with Gasteiger partial charge in [0.25, 0.3) is 0 Å². The van der Waals surface area contributed by atoms with Crippen molar-refractivity contribution in [2.75, 3.05) is 24.5 Å². The summed E-state index contributed by atoms with van der Waals surface area (Å²) >= 11 is 0. The molecule has 7 nitrogen and oxygen atoms in total. The van der Waals surface area contributed by atoms with Crippen LogP contribution in [0, 0.1) is 0 Å². The Kier molecular flexibility index (Phi) is 9.26. The van der Waals surface area contributed by atoms with Crippen LogP contribution in [0.2, 0.25) is 0 Å². The highest BCUT2D eigenvalue weighted by Crippen LogP contribution is 2.21. The van der Waals surface area contributed by atoms with E-state index >= 15 is 0 Å². The van der Waals surface area contributed by atoms with Crippen molar-refractivity contribution in [2.45, 2.75) is 39.3 Å². The van der Waals surface area contributed by atoms with Crippen LogP contribution in [0.1, 0.15) is 31.7 Å². The quantitative estimate of drug-likeness (QED) is 0.255. The van der Waals surface area contributed by atoms with Gasteiger partial charge in [0.15, 0.2) is 5.96 Å². The molecule has 1 amide bonds. The van der Waals surface area contributed by atoms with E-state index in [1.807, 2.05) is 46.1 Å². The standard InChI is InChI=1S/C20H28N6O.HI/c1-2-21-20(22-11-4-13-25-14-5-12-24-25)23-16-17-7-9-18(10-8-17)26-15-3-6-19(26)27;/h5,7-10,12,14H,2-4,6,11,13,15-16H2,1H3,(H2,21,22,23);1H. The number of halogens is 1. The van der Waals surface area contributed by atoms with Crippen molar-refractivity contribution in [1.29, 1.82) is 0 Å². The summed E-state index contributed by atoms with van der Waals surface area (Å²) in [4.78, 5) is 18.3. The van der Waals surface area contributed by atoms with Gasteiger partial charge >= 0.3 is 0 Å². The highest BCUT2D eigenvalue weighted by Gasteiger charge is 2.21. The van der Waals surface area contributed by atoms with Crippen molar-refractivity contribution < 1.29 is 4.79 Å². The molecule has 28 heavy (non-hydrogen) atoms. The maximum Gasteiger partial charge on any atom is 0.227 e. The first-order valence-electron chi connectivity index (χ1n) is 9.65. The summed E-state index contributed by atoms with van der Waals surface area (Å²) in [6.45, 7) is 6.02. The van der Waals surface area contributed by atoms with E-state index < -0.39 is 0 Å². The van der Waals surface area contributed by atoms with E-state index in [0.29, 0.717) is 13.0 Å². The molecule has 2 aromatic rings. The SMILES string of the molecule is CCNC(=NCc1ccc(N2CCCC2=O)cc1)NCCCn1cccn1.I. The fraction of sp³-hybridized carbons (Fsp3) is 0.450. The zero-order valence-electron chi connectivity index (χ0n) is 16.3. The van der Waals surface area contributed by atoms with Crippen LogP contribution < -0.4 is 15.5 Å². The van der Waals surface area contributed by atoms with E-state index in [1.54, 1.807) is 6.20 Å². The van der Waals surface area contributed by atoms with Gasteiger partial charge in [-0.1, -0.05) is 12.1 Å². The average molecular weight is 496 g/mol. The molecule has 1 aromatic carbocycles. The van der Waals surface area contributed by atoms with Crippen LogP contribution in [-0.4, -0.2) is 41.3 Å². The van der Waals surface area contributed by atoms with Gasteiger partial charge in [0.05, 0.1) is 6.54 Å². The number of anilines is 1. The molecule has 1 saturated heterocycles. The monoisotopic (exact) mass is 496 g/mol. The Labute approximate surface area is 183 Å². The van der Waals surface area contributed by atoms with Gasteiger partial charge in [-0.25, -0.2) is 4.99 Å². The number of rotatable bonds is 8. The van der Waals surface area contributed by atoms with Crippen molar-refractivity contribution in [3.63, 3.8) is 0 Å². The minimum Gasteiger partial charge on any atom is -0.357 e. The first-order chi connectivity index (χ1) is 13.3. The first kappa shape index (κ1) is 22.2. The third kappa shape index (κ3) is 6.50. The molecule has 1 aromatic heterocycles. The zero-order chi connectivity index (χ0) is 18.9. The Hall–Kier alpha value is -2.10. The number of benzene rings is 1. The zero-order valence-corrected chi connectivity index (χ0v) is 18.6. The molecular weight excluding hydrogens is 467 g/mol. The van der Waals surface area contributed by atoms with Crippen molar-refractivity contribution in [3.05, 3.63) is 48.3 Å². The van der Waals surface area contributed by atoms with Gasteiger partial charge in [0.1, 0.15) is 0 Å². The second kappa shape index (κ2) is 11.7. The third-order valence-electron chi connectivity index (χ3n) is 4.50. The molecule has 0 radical (unpaired) electrons. The number of carbonyl (C=O) groups is 1. The molecule has 2 heterocycles. The van der Waals surface area contributed by atoms with Crippen LogP contribution in [0.4, 0.5) is 5.69 Å². The van der Waals surface area contributed by atoms with Crippen LogP contribution in [-0.2, 0) is 17.9 Å². The van der Waals surface area contributed by atoms with Gasteiger partial charge in [0.2, 0.25) is 5.91 Å². The largest absolute Gasteiger partial charge is 0.357 e. The average Bonchev–Trinajstić information content (AvgIpc) is 3.35. The molecule has 1 aliphatic heterocycles. The minimum absolute atomic E-state index is 0. The molecule has 2 N–H and O–H groups in total. The van der Waals surface area contributed by atoms with Crippen LogP contribution in [0.3, 0.4) is 0 Å². The molecule has 0 bridgehead atoms. The van der Waals surface area contributed by atoms with E-state index in [0.717, 1.165) is 56.2 Å². The number of aromatic nitrogens is 2. The lowest BCUT2D eigenvalue weighted by Crippen LogP contribution is -2.38.